The Bertz CT molecular complexity index is 725. The maximum absolute atomic E-state index is 13.6. The van der Waals surface area contributed by atoms with Gasteiger partial charge in [0.25, 0.3) is 0 Å². The Kier molecular flexibility index (Phi) is 3.11. The van der Waals surface area contributed by atoms with Gasteiger partial charge in [0.2, 0.25) is 0 Å². The van der Waals surface area contributed by atoms with Gasteiger partial charge in [-0.1, -0.05) is 29.3 Å². The number of hydrogen-bond acceptors (Lipinski definition) is 1. The van der Waals surface area contributed by atoms with Crippen LogP contribution in [-0.2, 0) is 0 Å². The summed E-state index contributed by atoms with van der Waals surface area (Å²) < 4.78 is 13.6. The van der Waals surface area contributed by atoms with E-state index in [2.05, 4.69) is 28.2 Å². The Morgan fingerprint density at radius 2 is 1.70 bits per heavy atom. The van der Waals surface area contributed by atoms with Gasteiger partial charge in [-0.15, -0.1) is 0 Å². The number of nitrogens with zero attached hydrogens (tertiary/aromatic N) is 1. The quantitative estimate of drug-likeness (QED) is 0.727. The molecule has 0 radical (unpaired) electrons. The summed E-state index contributed by atoms with van der Waals surface area (Å²) >= 11 is 0. The average Bonchev–Trinajstić information content (AvgIpc) is 2.91. The van der Waals surface area contributed by atoms with Crippen LogP contribution in [0.3, 0.4) is 0 Å². The zero-order valence-corrected chi connectivity index (χ0v) is 11.4. The highest BCUT2D eigenvalue weighted by Gasteiger charge is 2.11. The van der Waals surface area contributed by atoms with Crippen molar-refractivity contribution in [3.63, 3.8) is 0 Å². The van der Waals surface area contributed by atoms with Gasteiger partial charge >= 0.3 is 0 Å². The Labute approximate surface area is 117 Å². The van der Waals surface area contributed by atoms with Crippen molar-refractivity contribution in [2.24, 2.45) is 0 Å². The van der Waals surface area contributed by atoms with E-state index >= 15 is 0 Å². The third-order valence-corrected chi connectivity index (χ3v) is 3.27. The summed E-state index contributed by atoms with van der Waals surface area (Å²) in [7, 11) is 0. The molecule has 0 bridgehead atoms. The van der Waals surface area contributed by atoms with E-state index < -0.39 is 0 Å². The van der Waals surface area contributed by atoms with E-state index in [9.17, 15) is 4.39 Å². The van der Waals surface area contributed by atoms with Gasteiger partial charge in [-0.2, -0.15) is 0 Å². The van der Waals surface area contributed by atoms with Crippen molar-refractivity contribution in [2.45, 2.75) is 13.8 Å². The van der Waals surface area contributed by atoms with Gasteiger partial charge in [0.15, 0.2) is 0 Å². The lowest BCUT2D eigenvalue weighted by Crippen LogP contribution is -1.90. The van der Waals surface area contributed by atoms with Crippen molar-refractivity contribution >= 4 is 0 Å². The van der Waals surface area contributed by atoms with E-state index in [4.69, 9.17) is 0 Å². The van der Waals surface area contributed by atoms with Gasteiger partial charge in [-0.25, -0.2) is 9.37 Å². The molecule has 0 saturated heterocycles. The molecule has 20 heavy (non-hydrogen) atoms. The lowest BCUT2D eigenvalue weighted by Gasteiger charge is -2.10. The molecule has 3 aromatic rings. The highest BCUT2D eigenvalue weighted by molar-refractivity contribution is 5.81. The molecule has 0 unspecified atom stereocenters. The zero-order chi connectivity index (χ0) is 14.1. The molecule has 0 aliphatic heterocycles. The van der Waals surface area contributed by atoms with Crippen molar-refractivity contribution in [3.05, 3.63) is 65.7 Å². The van der Waals surface area contributed by atoms with Crippen molar-refractivity contribution in [1.29, 1.82) is 0 Å². The minimum absolute atomic E-state index is 0.241. The van der Waals surface area contributed by atoms with Gasteiger partial charge in [-0.05, 0) is 43.2 Å². The molecule has 1 N–H and O–H groups in total. The molecule has 0 aliphatic carbocycles. The third kappa shape index (κ3) is 2.35. The molecule has 3 heteroatoms. The fourth-order valence-corrected chi connectivity index (χ4v) is 2.50. The molecule has 100 valence electrons. The Morgan fingerprint density at radius 3 is 2.35 bits per heavy atom. The SMILES string of the molecule is Cc1cc(C)cc(-c2cc(F)ccc2-c2ncc[nH]2)c1. The standard InChI is InChI=1S/C17H15FN2/c1-11-7-12(2)9-13(8-11)16-10-14(18)3-4-15(16)17-19-5-6-20-17/h3-10H,1-2H3,(H,19,20). The van der Waals surface area contributed by atoms with Crippen molar-refractivity contribution in [3.8, 4) is 22.5 Å². The van der Waals surface area contributed by atoms with Crippen LogP contribution in [0.1, 0.15) is 11.1 Å². The monoisotopic (exact) mass is 266 g/mol. The number of nitrogens with one attached hydrogen (secondary N) is 1. The molecule has 0 atom stereocenters. The van der Waals surface area contributed by atoms with E-state index in [1.54, 1.807) is 24.5 Å². The highest BCUT2D eigenvalue weighted by atomic mass is 19.1. The van der Waals surface area contributed by atoms with E-state index in [1.165, 1.54) is 6.07 Å². The van der Waals surface area contributed by atoms with Crippen LogP contribution in [0.4, 0.5) is 4.39 Å². The number of imidazole rings is 1. The van der Waals surface area contributed by atoms with Crippen LogP contribution in [0.2, 0.25) is 0 Å². The number of aromatic amines is 1. The molecular weight excluding hydrogens is 251 g/mol. The predicted molar refractivity (Wildman–Crippen MR) is 78.9 cm³/mol. The third-order valence-electron chi connectivity index (χ3n) is 3.27. The predicted octanol–water partition coefficient (Wildman–Crippen LogP) is 4.50. The van der Waals surface area contributed by atoms with Gasteiger partial charge in [-0.3, -0.25) is 0 Å². The summed E-state index contributed by atoms with van der Waals surface area (Å²) in [4.78, 5) is 7.35. The van der Waals surface area contributed by atoms with Gasteiger partial charge in [0, 0.05) is 18.0 Å². The van der Waals surface area contributed by atoms with Crippen LogP contribution in [0.5, 0.6) is 0 Å². The molecule has 2 nitrogen and oxygen atoms in total. The van der Waals surface area contributed by atoms with E-state index in [0.717, 1.165) is 33.6 Å². The molecule has 1 heterocycles. The van der Waals surface area contributed by atoms with E-state index in [1.807, 2.05) is 13.8 Å². The van der Waals surface area contributed by atoms with Gasteiger partial charge in [0.1, 0.15) is 11.6 Å². The fraction of sp³-hybridized carbons (Fsp3) is 0.118. The summed E-state index contributed by atoms with van der Waals surface area (Å²) in [6.45, 7) is 4.09. The van der Waals surface area contributed by atoms with Crippen molar-refractivity contribution in [2.75, 3.05) is 0 Å². The first kappa shape index (κ1) is 12.6. The topological polar surface area (TPSA) is 28.7 Å². The fourth-order valence-electron chi connectivity index (χ4n) is 2.50. The van der Waals surface area contributed by atoms with Crippen LogP contribution in [0, 0.1) is 19.7 Å². The number of benzene rings is 2. The highest BCUT2D eigenvalue weighted by Crippen LogP contribution is 2.32. The summed E-state index contributed by atoms with van der Waals surface area (Å²) in [5.41, 5.74) is 5.09. The maximum atomic E-state index is 13.6. The van der Waals surface area contributed by atoms with Crippen molar-refractivity contribution in [1.82, 2.24) is 9.97 Å². The lowest BCUT2D eigenvalue weighted by atomic mass is 9.96. The summed E-state index contributed by atoms with van der Waals surface area (Å²) in [5.74, 6) is 0.508. The normalized spacial score (nSPS) is 10.8. The number of hydrogen-bond donors (Lipinski definition) is 1. The minimum Gasteiger partial charge on any atom is -0.345 e. The van der Waals surface area contributed by atoms with E-state index in [-0.39, 0.29) is 5.82 Å². The largest absolute Gasteiger partial charge is 0.345 e. The molecule has 3 rings (SSSR count). The summed E-state index contributed by atoms with van der Waals surface area (Å²) in [5, 5.41) is 0. The Hall–Kier alpha value is -2.42. The number of rotatable bonds is 2. The average molecular weight is 266 g/mol. The second kappa shape index (κ2) is 4.93. The molecular formula is C17H15FN2. The minimum atomic E-state index is -0.241. The van der Waals surface area contributed by atoms with Crippen LogP contribution < -0.4 is 0 Å². The molecule has 0 spiro atoms. The number of aryl methyl sites for hydroxylation is 2. The lowest BCUT2D eigenvalue weighted by molar-refractivity contribution is 0.628. The molecule has 0 saturated carbocycles. The van der Waals surface area contributed by atoms with Crippen LogP contribution in [0.15, 0.2) is 48.8 Å². The summed E-state index contributed by atoms with van der Waals surface area (Å²) in [6.07, 6.45) is 3.47. The molecule has 0 aliphatic rings. The second-order valence-electron chi connectivity index (χ2n) is 5.00. The van der Waals surface area contributed by atoms with Gasteiger partial charge < -0.3 is 4.98 Å². The van der Waals surface area contributed by atoms with Crippen molar-refractivity contribution < 1.29 is 4.39 Å². The smallest absolute Gasteiger partial charge is 0.137 e. The van der Waals surface area contributed by atoms with Crippen LogP contribution >= 0.6 is 0 Å². The zero-order valence-electron chi connectivity index (χ0n) is 11.4. The molecule has 2 aromatic carbocycles. The molecule has 0 fully saturated rings. The van der Waals surface area contributed by atoms with E-state index in [0.29, 0.717) is 0 Å². The Morgan fingerprint density at radius 1 is 0.950 bits per heavy atom. The molecule has 1 aromatic heterocycles. The maximum Gasteiger partial charge on any atom is 0.137 e. The number of H-pyrrole nitrogens is 1. The first-order chi connectivity index (χ1) is 9.63. The summed E-state index contributed by atoms with van der Waals surface area (Å²) in [6, 6.07) is 11.0. The van der Waals surface area contributed by atoms with Crippen LogP contribution in [-0.4, -0.2) is 9.97 Å². The number of aromatic nitrogens is 2. The first-order valence-electron chi connectivity index (χ1n) is 6.51. The Balaban J connectivity index is 2.24. The molecule has 0 amide bonds. The van der Waals surface area contributed by atoms with Gasteiger partial charge in [0.05, 0.1) is 0 Å². The number of halogens is 1. The van der Waals surface area contributed by atoms with Crippen LogP contribution in [0.25, 0.3) is 22.5 Å². The first-order valence-corrected chi connectivity index (χ1v) is 6.51. The second-order valence-corrected chi connectivity index (χ2v) is 5.00.